The van der Waals surface area contributed by atoms with Gasteiger partial charge in [-0.1, -0.05) is 54.8 Å². The molecule has 1 aliphatic heterocycles. The van der Waals surface area contributed by atoms with Crippen molar-refractivity contribution in [3.8, 4) is 0 Å². The number of likely N-dealkylation sites (N-methyl/N-ethyl adjacent to an activating group) is 1. The Labute approximate surface area is 165 Å². The normalized spacial score (nSPS) is 21.4. The zero-order valence-electron chi connectivity index (χ0n) is 16.3. The number of aromatic nitrogens is 1. The SMILES string of the molecule is CN1CC(=O)N(Cc2cc(C3CCCCC3)no2)[C@H](Cc2ccccc2)C1=O. The summed E-state index contributed by atoms with van der Waals surface area (Å²) in [5.74, 6) is 1.02. The molecule has 2 fully saturated rings. The Morgan fingerprint density at radius 2 is 1.86 bits per heavy atom. The molecule has 0 radical (unpaired) electrons. The van der Waals surface area contributed by atoms with Crippen LogP contribution in [0.25, 0.3) is 0 Å². The predicted molar refractivity (Wildman–Crippen MR) is 104 cm³/mol. The van der Waals surface area contributed by atoms with Gasteiger partial charge >= 0.3 is 0 Å². The summed E-state index contributed by atoms with van der Waals surface area (Å²) in [6.45, 7) is 0.392. The molecule has 2 amide bonds. The molecule has 0 bridgehead atoms. The van der Waals surface area contributed by atoms with E-state index in [1.165, 1.54) is 24.2 Å². The lowest BCUT2D eigenvalue weighted by molar-refractivity contribution is -0.155. The van der Waals surface area contributed by atoms with Gasteiger partial charge in [-0.05, 0) is 18.4 Å². The minimum Gasteiger partial charge on any atom is -0.359 e. The van der Waals surface area contributed by atoms with E-state index in [1.807, 2.05) is 36.4 Å². The number of hydrogen-bond acceptors (Lipinski definition) is 4. The minimum atomic E-state index is -0.517. The summed E-state index contributed by atoms with van der Waals surface area (Å²) in [7, 11) is 1.69. The van der Waals surface area contributed by atoms with E-state index in [4.69, 9.17) is 4.52 Å². The summed E-state index contributed by atoms with van der Waals surface area (Å²) < 4.78 is 5.56. The van der Waals surface area contributed by atoms with Crippen LogP contribution in [0.5, 0.6) is 0 Å². The van der Waals surface area contributed by atoms with Crippen molar-refractivity contribution in [2.24, 2.45) is 0 Å². The third-order valence-electron chi connectivity index (χ3n) is 5.93. The van der Waals surface area contributed by atoms with Gasteiger partial charge in [0.05, 0.1) is 18.8 Å². The number of rotatable bonds is 5. The molecule has 4 rings (SSSR count). The lowest BCUT2D eigenvalue weighted by Crippen LogP contribution is -2.59. The summed E-state index contributed by atoms with van der Waals surface area (Å²) in [6, 6.07) is 11.3. The summed E-state index contributed by atoms with van der Waals surface area (Å²) in [5, 5.41) is 4.27. The zero-order chi connectivity index (χ0) is 19.5. The Morgan fingerprint density at radius 3 is 2.61 bits per heavy atom. The van der Waals surface area contributed by atoms with Crippen LogP contribution in [0.4, 0.5) is 0 Å². The highest BCUT2D eigenvalue weighted by Crippen LogP contribution is 2.32. The van der Waals surface area contributed by atoms with Gasteiger partial charge in [0.1, 0.15) is 6.04 Å². The van der Waals surface area contributed by atoms with Crippen LogP contribution in [-0.2, 0) is 22.6 Å². The van der Waals surface area contributed by atoms with Gasteiger partial charge in [0, 0.05) is 25.5 Å². The van der Waals surface area contributed by atoms with Crippen LogP contribution >= 0.6 is 0 Å². The number of hydrogen-bond donors (Lipinski definition) is 0. The fourth-order valence-electron chi connectivity index (χ4n) is 4.33. The average Bonchev–Trinajstić information content (AvgIpc) is 3.19. The van der Waals surface area contributed by atoms with Crippen LogP contribution in [0.2, 0.25) is 0 Å². The lowest BCUT2D eigenvalue weighted by Gasteiger charge is -2.38. The molecule has 1 aromatic heterocycles. The second-order valence-electron chi connectivity index (χ2n) is 7.97. The van der Waals surface area contributed by atoms with Gasteiger partial charge in [-0.3, -0.25) is 9.59 Å². The van der Waals surface area contributed by atoms with E-state index in [9.17, 15) is 9.59 Å². The molecule has 2 aliphatic rings. The van der Waals surface area contributed by atoms with Gasteiger partial charge in [0.15, 0.2) is 5.76 Å². The molecule has 6 nitrogen and oxygen atoms in total. The summed E-state index contributed by atoms with van der Waals surface area (Å²) in [4.78, 5) is 28.7. The molecule has 6 heteroatoms. The van der Waals surface area contributed by atoms with E-state index in [0.717, 1.165) is 24.1 Å². The quantitative estimate of drug-likeness (QED) is 0.798. The van der Waals surface area contributed by atoms with Crippen molar-refractivity contribution in [3.05, 3.63) is 53.4 Å². The van der Waals surface area contributed by atoms with E-state index in [1.54, 1.807) is 11.9 Å². The number of amides is 2. The molecule has 2 heterocycles. The molecule has 148 valence electrons. The summed E-state index contributed by atoms with van der Waals surface area (Å²) >= 11 is 0. The smallest absolute Gasteiger partial charge is 0.245 e. The maximum absolute atomic E-state index is 12.8. The molecule has 0 N–H and O–H groups in total. The Kier molecular flexibility index (Phi) is 5.46. The maximum Gasteiger partial charge on any atom is 0.245 e. The average molecular weight is 381 g/mol. The highest BCUT2D eigenvalue weighted by molar-refractivity contribution is 5.94. The Morgan fingerprint density at radius 1 is 1.11 bits per heavy atom. The van der Waals surface area contributed by atoms with Gasteiger partial charge in [-0.2, -0.15) is 0 Å². The van der Waals surface area contributed by atoms with Gasteiger partial charge in [-0.25, -0.2) is 0 Å². The summed E-state index contributed by atoms with van der Waals surface area (Å²) in [6.07, 6.45) is 6.55. The first kappa shape index (κ1) is 18.7. The number of benzene rings is 1. The van der Waals surface area contributed by atoms with Crippen LogP contribution in [-0.4, -0.2) is 46.4 Å². The topological polar surface area (TPSA) is 66.7 Å². The van der Waals surface area contributed by atoms with Crippen LogP contribution in [0.1, 0.15) is 55.0 Å². The van der Waals surface area contributed by atoms with E-state index >= 15 is 0 Å². The van der Waals surface area contributed by atoms with E-state index in [0.29, 0.717) is 18.1 Å². The molecule has 0 unspecified atom stereocenters. The monoisotopic (exact) mass is 381 g/mol. The molecular formula is C22H27N3O3. The van der Waals surface area contributed by atoms with E-state index < -0.39 is 6.04 Å². The highest BCUT2D eigenvalue weighted by Gasteiger charge is 2.38. The Bertz CT molecular complexity index is 827. The first-order valence-corrected chi connectivity index (χ1v) is 10.2. The Hall–Kier alpha value is -2.63. The maximum atomic E-state index is 12.8. The first-order valence-electron chi connectivity index (χ1n) is 10.2. The lowest BCUT2D eigenvalue weighted by atomic mass is 9.87. The van der Waals surface area contributed by atoms with Crippen LogP contribution in [0.15, 0.2) is 40.9 Å². The standard InChI is InChI=1S/C22H27N3O3/c1-24-15-21(26)25(20(22(24)27)12-16-8-4-2-5-9-16)14-18-13-19(23-28-18)17-10-6-3-7-11-17/h2,4-5,8-9,13,17,20H,3,6-7,10-12,14-15H2,1H3/t20-/m1/s1. The van der Waals surface area contributed by atoms with Crippen LogP contribution < -0.4 is 0 Å². The third kappa shape index (κ3) is 3.96. The molecule has 2 aromatic rings. The fraction of sp³-hybridized carbons (Fsp3) is 0.500. The number of piperazine rings is 1. The fourth-order valence-corrected chi connectivity index (χ4v) is 4.33. The van der Waals surface area contributed by atoms with E-state index in [-0.39, 0.29) is 24.9 Å². The summed E-state index contributed by atoms with van der Waals surface area (Å²) in [5.41, 5.74) is 2.02. The van der Waals surface area contributed by atoms with Crippen molar-refractivity contribution in [1.29, 1.82) is 0 Å². The van der Waals surface area contributed by atoms with Crippen molar-refractivity contribution < 1.29 is 14.1 Å². The number of nitrogens with zero attached hydrogens (tertiary/aromatic N) is 3. The van der Waals surface area contributed by atoms with Gasteiger partial charge in [0.2, 0.25) is 11.8 Å². The highest BCUT2D eigenvalue weighted by atomic mass is 16.5. The molecule has 1 aromatic carbocycles. The van der Waals surface area contributed by atoms with E-state index in [2.05, 4.69) is 5.16 Å². The van der Waals surface area contributed by atoms with Gasteiger partial charge < -0.3 is 14.3 Å². The second kappa shape index (κ2) is 8.17. The number of carbonyl (C=O) groups excluding carboxylic acids is 2. The second-order valence-corrected chi connectivity index (χ2v) is 7.97. The van der Waals surface area contributed by atoms with Crippen LogP contribution in [0, 0.1) is 0 Å². The molecule has 1 aliphatic carbocycles. The molecule has 1 atom stereocenters. The van der Waals surface area contributed by atoms with Crippen molar-refractivity contribution in [2.45, 2.75) is 57.0 Å². The van der Waals surface area contributed by atoms with Crippen molar-refractivity contribution >= 4 is 11.8 Å². The Balaban J connectivity index is 1.52. The molecule has 28 heavy (non-hydrogen) atoms. The van der Waals surface area contributed by atoms with Gasteiger partial charge in [-0.15, -0.1) is 0 Å². The minimum absolute atomic E-state index is 0.0320. The molecular weight excluding hydrogens is 354 g/mol. The van der Waals surface area contributed by atoms with Crippen molar-refractivity contribution in [1.82, 2.24) is 15.0 Å². The zero-order valence-corrected chi connectivity index (χ0v) is 16.3. The van der Waals surface area contributed by atoms with Crippen LogP contribution in [0.3, 0.4) is 0 Å². The molecule has 1 saturated heterocycles. The molecule has 0 spiro atoms. The third-order valence-corrected chi connectivity index (χ3v) is 5.93. The van der Waals surface area contributed by atoms with Gasteiger partial charge in [0.25, 0.3) is 0 Å². The largest absolute Gasteiger partial charge is 0.359 e. The van der Waals surface area contributed by atoms with Crippen molar-refractivity contribution in [3.63, 3.8) is 0 Å². The number of carbonyl (C=O) groups is 2. The first-order chi connectivity index (χ1) is 13.6. The molecule has 1 saturated carbocycles. The predicted octanol–water partition coefficient (Wildman–Crippen LogP) is 3.13. The van der Waals surface area contributed by atoms with Crippen molar-refractivity contribution in [2.75, 3.05) is 13.6 Å².